The van der Waals surface area contributed by atoms with Crippen molar-refractivity contribution < 1.29 is 0 Å². The third-order valence-corrected chi connectivity index (χ3v) is 5.47. The van der Waals surface area contributed by atoms with Crippen LogP contribution >= 0.6 is 0 Å². The zero-order chi connectivity index (χ0) is 14.9. The van der Waals surface area contributed by atoms with E-state index in [2.05, 4.69) is 60.4 Å². The average molecular weight is 291 g/mol. The van der Waals surface area contributed by atoms with E-state index in [9.17, 15) is 0 Å². The van der Waals surface area contributed by atoms with Crippen molar-refractivity contribution in [3.63, 3.8) is 0 Å². The van der Waals surface area contributed by atoms with Crippen LogP contribution in [0.1, 0.15) is 35.1 Å². The van der Waals surface area contributed by atoms with Gasteiger partial charge in [0, 0.05) is 19.1 Å². The van der Waals surface area contributed by atoms with E-state index in [4.69, 9.17) is 0 Å². The van der Waals surface area contributed by atoms with E-state index in [-0.39, 0.29) is 0 Å². The number of hydrogen-bond donors (Lipinski definition) is 0. The van der Waals surface area contributed by atoms with Crippen LogP contribution < -0.4 is 0 Å². The summed E-state index contributed by atoms with van der Waals surface area (Å²) in [6, 6.07) is 18.9. The Morgan fingerprint density at radius 2 is 1.77 bits per heavy atom. The molecule has 1 fully saturated rings. The highest BCUT2D eigenvalue weighted by Gasteiger charge is 2.31. The van der Waals surface area contributed by atoms with Gasteiger partial charge in [-0.25, -0.2) is 0 Å². The first-order valence-corrected chi connectivity index (χ1v) is 8.64. The van der Waals surface area contributed by atoms with E-state index in [0.717, 1.165) is 18.5 Å². The van der Waals surface area contributed by atoms with E-state index < -0.39 is 0 Å². The molecule has 1 aliphatic carbocycles. The molecule has 22 heavy (non-hydrogen) atoms. The summed E-state index contributed by atoms with van der Waals surface area (Å²) < 4.78 is 0. The Balaban J connectivity index is 1.58. The zero-order valence-electron chi connectivity index (χ0n) is 13.5. The van der Waals surface area contributed by atoms with Gasteiger partial charge in [0.15, 0.2) is 0 Å². The highest BCUT2D eigenvalue weighted by Crippen LogP contribution is 2.33. The van der Waals surface area contributed by atoms with E-state index in [0.29, 0.717) is 0 Å². The van der Waals surface area contributed by atoms with Crippen LogP contribution in [0.25, 0.3) is 0 Å². The predicted octanol–water partition coefficient (Wildman–Crippen LogP) is 4.37. The largest absolute Gasteiger partial charge is 0.296 e. The summed E-state index contributed by atoms with van der Waals surface area (Å²) in [5.74, 6) is 0.836. The molecule has 0 aromatic heterocycles. The van der Waals surface area contributed by atoms with Gasteiger partial charge in [0.05, 0.1) is 0 Å². The fraction of sp³-hybridized carbons (Fsp3) is 0.429. The van der Waals surface area contributed by atoms with E-state index in [1.54, 1.807) is 11.1 Å². The molecule has 2 atom stereocenters. The van der Waals surface area contributed by atoms with Crippen LogP contribution in [0.5, 0.6) is 0 Å². The van der Waals surface area contributed by atoms with Gasteiger partial charge >= 0.3 is 0 Å². The third kappa shape index (κ3) is 2.83. The van der Waals surface area contributed by atoms with Crippen LogP contribution in [0, 0.1) is 12.8 Å². The van der Waals surface area contributed by atoms with Crippen LogP contribution in [-0.4, -0.2) is 17.5 Å². The average Bonchev–Trinajstić information content (AvgIpc) is 2.48. The topological polar surface area (TPSA) is 3.24 Å². The molecule has 2 bridgehead atoms. The number of hydrogen-bond acceptors (Lipinski definition) is 1. The Bertz CT molecular complexity index is 660. The maximum absolute atomic E-state index is 2.75. The molecule has 5 rings (SSSR count). The lowest BCUT2D eigenvalue weighted by Crippen LogP contribution is -2.46. The maximum Gasteiger partial charge on any atom is 0.0237 e. The van der Waals surface area contributed by atoms with Gasteiger partial charge < -0.3 is 0 Å². The molecule has 1 heteroatoms. The second kappa shape index (κ2) is 5.89. The number of nitrogens with zero attached hydrogens (tertiary/aromatic N) is 1. The molecule has 0 saturated carbocycles. The molecule has 0 spiro atoms. The fourth-order valence-corrected chi connectivity index (χ4v) is 4.34. The summed E-state index contributed by atoms with van der Waals surface area (Å²) in [7, 11) is 0. The van der Waals surface area contributed by atoms with Crippen molar-refractivity contribution in [2.24, 2.45) is 5.92 Å². The number of rotatable bonds is 2. The Labute approximate surface area is 134 Å². The lowest BCUT2D eigenvalue weighted by Gasteiger charge is -2.42. The molecule has 114 valence electrons. The van der Waals surface area contributed by atoms with E-state index in [1.807, 2.05) is 0 Å². The number of aryl methyl sites for hydroxylation is 1. The highest BCUT2D eigenvalue weighted by atomic mass is 15.2. The summed E-state index contributed by atoms with van der Waals surface area (Å²) in [6.07, 6.45) is 5.27. The van der Waals surface area contributed by atoms with Gasteiger partial charge in [-0.1, -0.05) is 54.1 Å². The molecule has 2 heterocycles. The van der Waals surface area contributed by atoms with Crippen molar-refractivity contribution in [1.29, 1.82) is 0 Å². The minimum Gasteiger partial charge on any atom is -0.296 e. The minimum absolute atomic E-state index is 0.721. The quantitative estimate of drug-likeness (QED) is 0.794. The second-order valence-corrected chi connectivity index (χ2v) is 7.19. The van der Waals surface area contributed by atoms with Crippen LogP contribution in [0.3, 0.4) is 0 Å². The molecular formula is C21H25N. The number of fused-ring (bicyclic) bond motifs is 2. The monoisotopic (exact) mass is 291 g/mol. The van der Waals surface area contributed by atoms with Crippen molar-refractivity contribution in [3.8, 4) is 0 Å². The molecule has 2 aromatic rings. The summed E-state index contributed by atoms with van der Waals surface area (Å²) >= 11 is 0. The van der Waals surface area contributed by atoms with Gasteiger partial charge in [-0.2, -0.15) is 0 Å². The van der Waals surface area contributed by atoms with Gasteiger partial charge in [-0.05, 0) is 55.2 Å². The van der Waals surface area contributed by atoms with E-state index in [1.165, 1.54) is 43.4 Å². The lowest BCUT2D eigenvalue weighted by atomic mass is 9.80. The van der Waals surface area contributed by atoms with Gasteiger partial charge in [-0.3, -0.25) is 4.90 Å². The second-order valence-electron chi connectivity index (χ2n) is 7.19. The van der Waals surface area contributed by atoms with Crippen molar-refractivity contribution in [2.45, 2.75) is 45.2 Å². The maximum atomic E-state index is 2.75. The van der Waals surface area contributed by atoms with Gasteiger partial charge in [-0.15, -0.1) is 0 Å². The molecule has 3 aliphatic rings. The number of piperidine rings is 1. The summed E-state index contributed by atoms with van der Waals surface area (Å²) in [6.45, 7) is 4.58. The molecule has 2 aromatic carbocycles. The molecule has 0 amide bonds. The Kier molecular flexibility index (Phi) is 3.75. The molecule has 0 unspecified atom stereocenters. The smallest absolute Gasteiger partial charge is 0.0237 e. The molecule has 0 N–H and O–H groups in total. The Hall–Kier alpha value is -1.60. The van der Waals surface area contributed by atoms with Crippen molar-refractivity contribution in [1.82, 2.24) is 4.90 Å². The zero-order valence-corrected chi connectivity index (χ0v) is 13.5. The lowest BCUT2D eigenvalue weighted by molar-refractivity contribution is 0.0938. The highest BCUT2D eigenvalue weighted by molar-refractivity contribution is 5.30. The van der Waals surface area contributed by atoms with E-state index >= 15 is 0 Å². The van der Waals surface area contributed by atoms with Crippen LogP contribution in [-0.2, 0) is 19.4 Å². The molecular weight excluding hydrogens is 266 g/mol. The predicted molar refractivity (Wildman–Crippen MR) is 92.0 cm³/mol. The van der Waals surface area contributed by atoms with Crippen molar-refractivity contribution in [2.75, 3.05) is 6.54 Å². The van der Waals surface area contributed by atoms with Crippen LogP contribution in [0.15, 0.2) is 48.5 Å². The standard InChI is InChI=1S/C21H25N/c1-16-5-4-6-17(11-16)14-22-15-18-9-10-21(22)13-20-8-3-2-7-19(20)12-18/h2-8,11,18,21H,9-10,12-15H2,1H3/t18-,21-/m1/s1. The van der Waals surface area contributed by atoms with Gasteiger partial charge in [0.1, 0.15) is 0 Å². The summed E-state index contributed by atoms with van der Waals surface area (Å²) in [5, 5.41) is 0. The van der Waals surface area contributed by atoms with Crippen LogP contribution in [0.2, 0.25) is 0 Å². The van der Waals surface area contributed by atoms with Crippen molar-refractivity contribution in [3.05, 3.63) is 70.8 Å². The first kappa shape index (κ1) is 14.0. The van der Waals surface area contributed by atoms with Crippen LogP contribution in [0.4, 0.5) is 0 Å². The summed E-state index contributed by atoms with van der Waals surface area (Å²) in [5.41, 5.74) is 6.04. The minimum atomic E-state index is 0.721. The normalized spacial score (nSPS) is 24.6. The third-order valence-electron chi connectivity index (χ3n) is 5.47. The summed E-state index contributed by atoms with van der Waals surface area (Å²) in [4.78, 5) is 2.75. The molecule has 1 saturated heterocycles. The Morgan fingerprint density at radius 1 is 0.955 bits per heavy atom. The molecule has 1 nitrogen and oxygen atoms in total. The van der Waals surface area contributed by atoms with Gasteiger partial charge in [0.2, 0.25) is 0 Å². The Morgan fingerprint density at radius 3 is 2.59 bits per heavy atom. The fourth-order valence-electron chi connectivity index (χ4n) is 4.34. The first-order chi connectivity index (χ1) is 10.8. The number of benzene rings is 2. The molecule has 2 aliphatic heterocycles. The SMILES string of the molecule is Cc1cccc(CN2C[C@@H]3CC[C@@H]2Cc2ccccc2C3)c1. The van der Waals surface area contributed by atoms with Gasteiger partial charge in [0.25, 0.3) is 0 Å². The van der Waals surface area contributed by atoms with Crippen molar-refractivity contribution >= 4 is 0 Å². The molecule has 0 radical (unpaired) electrons. The first-order valence-electron chi connectivity index (χ1n) is 8.64.